The number of nitrogens with two attached hydrogens (primary N) is 1. The molecule has 2 heterocycles. The molecule has 2 N–H and O–H groups in total. The molecule has 1 atom stereocenters. The van der Waals surface area contributed by atoms with Crippen molar-refractivity contribution in [2.24, 2.45) is 5.73 Å². The van der Waals surface area contributed by atoms with Crippen molar-refractivity contribution in [2.45, 2.75) is 44.9 Å². The number of anilines is 1. The average molecular weight is 405 g/mol. The first-order chi connectivity index (χ1) is 14.6. The summed E-state index contributed by atoms with van der Waals surface area (Å²) in [4.78, 5) is 19.3. The fraction of sp³-hybridized carbons (Fsp3) is 0.375. The maximum absolute atomic E-state index is 12.9. The molecule has 4 rings (SSSR count). The number of para-hydroxylation sites is 1. The van der Waals surface area contributed by atoms with Crippen molar-refractivity contribution in [3.63, 3.8) is 0 Å². The molecule has 0 saturated heterocycles. The summed E-state index contributed by atoms with van der Waals surface area (Å²) in [5.41, 5.74) is 10.2. The number of hydrogen-bond acceptors (Lipinski definition) is 5. The summed E-state index contributed by atoms with van der Waals surface area (Å²) < 4.78 is 5.39. The number of carbonyl (C=O) groups is 1. The average Bonchev–Trinajstić information content (AvgIpc) is 3.38. The van der Waals surface area contributed by atoms with Gasteiger partial charge in [-0.05, 0) is 36.1 Å². The predicted octanol–water partition coefficient (Wildman–Crippen LogP) is 4.27. The van der Waals surface area contributed by atoms with Gasteiger partial charge < -0.3 is 15.2 Å². The van der Waals surface area contributed by atoms with Gasteiger partial charge in [0.15, 0.2) is 0 Å². The van der Waals surface area contributed by atoms with Crippen molar-refractivity contribution < 1.29 is 9.32 Å². The van der Waals surface area contributed by atoms with E-state index in [-0.39, 0.29) is 5.91 Å². The van der Waals surface area contributed by atoms with E-state index in [1.165, 1.54) is 11.1 Å². The lowest BCUT2D eigenvalue weighted by Crippen LogP contribution is -2.30. The summed E-state index contributed by atoms with van der Waals surface area (Å²) in [5, 5.41) is 4.08. The van der Waals surface area contributed by atoms with Crippen molar-refractivity contribution in [2.75, 3.05) is 18.0 Å². The van der Waals surface area contributed by atoms with Crippen LogP contribution in [0.2, 0.25) is 0 Å². The van der Waals surface area contributed by atoms with Gasteiger partial charge >= 0.3 is 0 Å². The zero-order valence-corrected chi connectivity index (χ0v) is 17.5. The fourth-order valence-corrected chi connectivity index (χ4v) is 4.02. The molecular formula is C24H28N4O2. The van der Waals surface area contributed by atoms with Gasteiger partial charge in [0.1, 0.15) is 0 Å². The van der Waals surface area contributed by atoms with Gasteiger partial charge in [-0.25, -0.2) is 0 Å². The molecule has 2 aromatic carbocycles. The molecule has 0 radical (unpaired) electrons. The number of hydrogen-bond donors (Lipinski definition) is 1. The van der Waals surface area contributed by atoms with Crippen LogP contribution in [0.25, 0.3) is 11.4 Å². The molecule has 0 saturated carbocycles. The summed E-state index contributed by atoms with van der Waals surface area (Å²) >= 11 is 0. The number of nitrogens with zero attached hydrogens (tertiary/aromatic N) is 3. The minimum Gasteiger partial charge on any atom is -0.339 e. The van der Waals surface area contributed by atoms with Crippen molar-refractivity contribution >= 4 is 11.6 Å². The number of benzene rings is 2. The van der Waals surface area contributed by atoms with Crippen LogP contribution in [0.4, 0.5) is 5.69 Å². The van der Waals surface area contributed by atoms with E-state index in [1.807, 2.05) is 35.2 Å². The molecule has 1 aliphatic heterocycles. The Hall–Kier alpha value is -2.99. The van der Waals surface area contributed by atoms with Gasteiger partial charge in [-0.1, -0.05) is 61.5 Å². The largest absolute Gasteiger partial charge is 0.339 e. The van der Waals surface area contributed by atoms with Gasteiger partial charge in [-0.2, -0.15) is 4.98 Å². The molecule has 0 spiro atoms. The first kappa shape index (κ1) is 20.3. The van der Waals surface area contributed by atoms with Crippen LogP contribution in [0, 0.1) is 0 Å². The van der Waals surface area contributed by atoms with Gasteiger partial charge in [0.2, 0.25) is 17.6 Å². The Morgan fingerprint density at radius 1 is 1.20 bits per heavy atom. The van der Waals surface area contributed by atoms with E-state index in [1.54, 1.807) is 0 Å². The smallest absolute Gasteiger partial charge is 0.227 e. The molecule has 1 amide bonds. The second-order valence-corrected chi connectivity index (χ2v) is 8.13. The van der Waals surface area contributed by atoms with Crippen LogP contribution in [-0.2, 0) is 11.2 Å². The van der Waals surface area contributed by atoms with Crippen molar-refractivity contribution in [3.8, 4) is 11.4 Å². The number of rotatable bonds is 7. The van der Waals surface area contributed by atoms with Gasteiger partial charge in [0.05, 0.1) is 0 Å². The summed E-state index contributed by atoms with van der Waals surface area (Å²) in [6, 6.07) is 16.3. The third-order valence-electron chi connectivity index (χ3n) is 5.74. The lowest BCUT2D eigenvalue weighted by atomic mass is 9.98. The van der Waals surface area contributed by atoms with Crippen molar-refractivity contribution in [3.05, 3.63) is 65.5 Å². The van der Waals surface area contributed by atoms with Crippen molar-refractivity contribution in [1.82, 2.24) is 10.1 Å². The molecule has 0 fully saturated rings. The van der Waals surface area contributed by atoms with E-state index < -0.39 is 0 Å². The highest BCUT2D eigenvalue weighted by Gasteiger charge is 2.31. The number of aromatic nitrogens is 2. The van der Waals surface area contributed by atoms with Crippen LogP contribution < -0.4 is 10.6 Å². The minimum absolute atomic E-state index is 0.0722. The SMILES string of the molecule is CC(C)c1ccc(-c2noc(CCC(=O)N3CC(CCN)c4ccccc43)n2)cc1. The number of aryl methyl sites for hydroxylation is 1. The second kappa shape index (κ2) is 8.79. The lowest BCUT2D eigenvalue weighted by molar-refractivity contribution is -0.118. The Kier molecular flexibility index (Phi) is 5.95. The number of fused-ring (bicyclic) bond motifs is 1. The zero-order valence-electron chi connectivity index (χ0n) is 17.5. The molecule has 0 aliphatic carbocycles. The Bertz CT molecular complexity index is 1010. The third kappa shape index (κ3) is 4.14. The molecule has 3 aromatic rings. The molecule has 156 valence electrons. The van der Waals surface area contributed by atoms with E-state index in [0.29, 0.717) is 49.5 Å². The molecule has 1 unspecified atom stereocenters. The molecule has 1 aliphatic rings. The quantitative estimate of drug-likeness (QED) is 0.635. The van der Waals surface area contributed by atoms with Crippen molar-refractivity contribution in [1.29, 1.82) is 0 Å². The Morgan fingerprint density at radius 3 is 2.70 bits per heavy atom. The lowest BCUT2D eigenvalue weighted by Gasteiger charge is -2.17. The molecule has 0 bridgehead atoms. The van der Waals surface area contributed by atoms with E-state index in [2.05, 4.69) is 42.2 Å². The first-order valence-corrected chi connectivity index (χ1v) is 10.6. The minimum atomic E-state index is 0.0722. The molecule has 6 nitrogen and oxygen atoms in total. The van der Waals surface area contributed by atoms with Gasteiger partial charge in [-0.3, -0.25) is 4.79 Å². The normalized spacial score (nSPS) is 15.6. The van der Waals surface area contributed by atoms with Crippen LogP contribution in [-0.4, -0.2) is 29.1 Å². The maximum atomic E-state index is 12.9. The zero-order chi connectivity index (χ0) is 21.1. The number of amides is 1. The van der Waals surface area contributed by atoms with E-state index in [4.69, 9.17) is 10.3 Å². The maximum Gasteiger partial charge on any atom is 0.227 e. The first-order valence-electron chi connectivity index (χ1n) is 10.6. The van der Waals surface area contributed by atoms with Gasteiger partial charge in [-0.15, -0.1) is 0 Å². The summed E-state index contributed by atoms with van der Waals surface area (Å²) in [6.45, 7) is 5.63. The van der Waals surface area contributed by atoms with E-state index in [0.717, 1.165) is 17.7 Å². The standard InChI is InChI=1S/C24H28N4O2/c1-16(2)17-7-9-18(10-8-17)24-26-22(30-27-24)11-12-23(29)28-15-19(13-14-25)20-5-3-4-6-21(20)28/h3-10,16,19H,11-15,25H2,1-2H3. The summed E-state index contributed by atoms with van der Waals surface area (Å²) in [7, 11) is 0. The fourth-order valence-electron chi connectivity index (χ4n) is 4.02. The van der Waals surface area contributed by atoms with E-state index in [9.17, 15) is 4.79 Å². The Balaban J connectivity index is 1.40. The highest BCUT2D eigenvalue weighted by Crippen LogP contribution is 2.38. The molecule has 6 heteroatoms. The second-order valence-electron chi connectivity index (χ2n) is 8.13. The Labute approximate surface area is 177 Å². The summed E-state index contributed by atoms with van der Waals surface area (Å²) in [6.07, 6.45) is 1.64. The highest BCUT2D eigenvalue weighted by molar-refractivity contribution is 5.96. The van der Waals surface area contributed by atoms with Crippen LogP contribution in [0.3, 0.4) is 0 Å². The Morgan fingerprint density at radius 2 is 1.97 bits per heavy atom. The summed E-state index contributed by atoms with van der Waals surface area (Å²) in [5.74, 6) is 1.90. The predicted molar refractivity (Wildman–Crippen MR) is 117 cm³/mol. The highest BCUT2D eigenvalue weighted by atomic mass is 16.5. The van der Waals surface area contributed by atoms with E-state index >= 15 is 0 Å². The van der Waals surface area contributed by atoms with Crippen LogP contribution in [0.5, 0.6) is 0 Å². The molecule has 30 heavy (non-hydrogen) atoms. The third-order valence-corrected chi connectivity index (χ3v) is 5.74. The number of carbonyl (C=O) groups excluding carboxylic acids is 1. The van der Waals surface area contributed by atoms with Crippen LogP contribution in [0.1, 0.15) is 55.5 Å². The molecular weight excluding hydrogens is 376 g/mol. The molecule has 1 aromatic heterocycles. The monoisotopic (exact) mass is 404 g/mol. The van der Waals surface area contributed by atoms with Crippen LogP contribution in [0.15, 0.2) is 53.1 Å². The van der Waals surface area contributed by atoms with Crippen LogP contribution >= 0.6 is 0 Å². The van der Waals surface area contributed by atoms with Gasteiger partial charge in [0.25, 0.3) is 0 Å². The van der Waals surface area contributed by atoms with Gasteiger partial charge in [0, 0.05) is 36.6 Å². The topological polar surface area (TPSA) is 85.2 Å².